The molecule has 2 heteroatoms. The van der Waals surface area contributed by atoms with Crippen LogP contribution in [0.15, 0.2) is 36.4 Å². The number of fused-ring (bicyclic) bond motifs is 1. The summed E-state index contributed by atoms with van der Waals surface area (Å²) >= 11 is 0. The van der Waals surface area contributed by atoms with Gasteiger partial charge in [-0.15, -0.1) is 0 Å². The summed E-state index contributed by atoms with van der Waals surface area (Å²) in [6.07, 6.45) is 1.27. The zero-order chi connectivity index (χ0) is 14.7. The fourth-order valence-electron chi connectivity index (χ4n) is 2.65. The Hall–Kier alpha value is -1.38. The summed E-state index contributed by atoms with van der Waals surface area (Å²) in [7, 11) is 0. The van der Waals surface area contributed by atoms with Crippen molar-refractivity contribution in [1.29, 1.82) is 0 Å². The standard InChI is InChI=1S/C18H25NO/c1-12(2)8-11-17(20)18(19)16-10-9-13(3)14-6-4-5-7-15(14)16/h4-7,9-10,12,17-18,20H,8,11,19H2,1-3H3/t17-,18+/m1/s1. The van der Waals surface area contributed by atoms with Crippen molar-refractivity contribution in [2.45, 2.75) is 45.8 Å². The first-order valence-corrected chi connectivity index (χ1v) is 7.42. The molecule has 0 radical (unpaired) electrons. The highest BCUT2D eigenvalue weighted by atomic mass is 16.3. The van der Waals surface area contributed by atoms with E-state index in [2.05, 4.69) is 45.0 Å². The van der Waals surface area contributed by atoms with Gasteiger partial charge in [-0.05, 0) is 47.6 Å². The Kier molecular flexibility index (Phi) is 4.79. The van der Waals surface area contributed by atoms with Crippen molar-refractivity contribution < 1.29 is 5.11 Å². The highest BCUT2D eigenvalue weighted by Gasteiger charge is 2.19. The molecule has 0 aromatic heterocycles. The monoisotopic (exact) mass is 271 g/mol. The lowest BCUT2D eigenvalue weighted by atomic mass is 9.91. The van der Waals surface area contributed by atoms with E-state index in [4.69, 9.17) is 5.73 Å². The quantitative estimate of drug-likeness (QED) is 0.865. The van der Waals surface area contributed by atoms with Gasteiger partial charge in [-0.2, -0.15) is 0 Å². The summed E-state index contributed by atoms with van der Waals surface area (Å²) in [6.45, 7) is 6.44. The van der Waals surface area contributed by atoms with Gasteiger partial charge < -0.3 is 10.8 Å². The van der Waals surface area contributed by atoms with Crippen molar-refractivity contribution >= 4 is 10.8 Å². The van der Waals surface area contributed by atoms with Crippen LogP contribution >= 0.6 is 0 Å². The smallest absolute Gasteiger partial charge is 0.0733 e. The van der Waals surface area contributed by atoms with Crippen LogP contribution in [0.5, 0.6) is 0 Å². The molecular weight excluding hydrogens is 246 g/mol. The maximum absolute atomic E-state index is 10.3. The van der Waals surface area contributed by atoms with E-state index < -0.39 is 6.10 Å². The molecule has 2 aromatic rings. The molecule has 20 heavy (non-hydrogen) atoms. The van der Waals surface area contributed by atoms with Gasteiger partial charge in [0.15, 0.2) is 0 Å². The van der Waals surface area contributed by atoms with Crippen molar-refractivity contribution in [3.05, 3.63) is 47.5 Å². The summed E-state index contributed by atoms with van der Waals surface area (Å²) in [4.78, 5) is 0. The van der Waals surface area contributed by atoms with Crippen molar-refractivity contribution in [1.82, 2.24) is 0 Å². The van der Waals surface area contributed by atoms with Crippen molar-refractivity contribution in [2.75, 3.05) is 0 Å². The largest absolute Gasteiger partial charge is 0.391 e. The Morgan fingerprint density at radius 3 is 2.30 bits per heavy atom. The molecule has 0 saturated heterocycles. The van der Waals surface area contributed by atoms with Crippen LogP contribution in [0.1, 0.15) is 43.9 Å². The Labute approximate surface area is 121 Å². The predicted molar refractivity (Wildman–Crippen MR) is 85.7 cm³/mol. The number of benzene rings is 2. The molecule has 0 bridgehead atoms. The maximum atomic E-state index is 10.3. The lowest BCUT2D eigenvalue weighted by molar-refractivity contribution is 0.129. The third kappa shape index (κ3) is 3.20. The van der Waals surface area contributed by atoms with Gasteiger partial charge in [0.25, 0.3) is 0 Å². The zero-order valence-electron chi connectivity index (χ0n) is 12.6. The fraction of sp³-hybridized carbons (Fsp3) is 0.444. The average Bonchev–Trinajstić information content (AvgIpc) is 2.44. The van der Waals surface area contributed by atoms with E-state index in [9.17, 15) is 5.11 Å². The van der Waals surface area contributed by atoms with Gasteiger partial charge in [0, 0.05) is 0 Å². The first kappa shape index (κ1) is 15.0. The molecule has 2 rings (SSSR count). The van der Waals surface area contributed by atoms with Crippen LogP contribution in [0.3, 0.4) is 0 Å². The third-order valence-electron chi connectivity index (χ3n) is 3.99. The number of aryl methyl sites for hydroxylation is 1. The molecule has 2 aromatic carbocycles. The van der Waals surface area contributed by atoms with Gasteiger partial charge in [-0.1, -0.05) is 50.2 Å². The molecule has 0 saturated carbocycles. The number of hydrogen-bond donors (Lipinski definition) is 2. The number of hydrogen-bond acceptors (Lipinski definition) is 2. The second kappa shape index (κ2) is 6.38. The number of nitrogens with two attached hydrogens (primary N) is 1. The van der Waals surface area contributed by atoms with Crippen LogP contribution in [-0.2, 0) is 0 Å². The van der Waals surface area contributed by atoms with Crippen molar-refractivity contribution in [2.24, 2.45) is 11.7 Å². The van der Waals surface area contributed by atoms with Gasteiger partial charge in [-0.3, -0.25) is 0 Å². The van der Waals surface area contributed by atoms with Crippen LogP contribution in [-0.4, -0.2) is 11.2 Å². The fourth-order valence-corrected chi connectivity index (χ4v) is 2.65. The number of aliphatic hydroxyl groups is 1. The first-order chi connectivity index (χ1) is 9.50. The lowest BCUT2D eigenvalue weighted by Gasteiger charge is -2.22. The van der Waals surface area contributed by atoms with Gasteiger partial charge in [0.2, 0.25) is 0 Å². The summed E-state index contributed by atoms with van der Waals surface area (Å²) in [6, 6.07) is 12.1. The molecule has 0 aliphatic carbocycles. The average molecular weight is 271 g/mol. The Morgan fingerprint density at radius 1 is 1.00 bits per heavy atom. The molecule has 108 valence electrons. The third-order valence-corrected chi connectivity index (χ3v) is 3.99. The van der Waals surface area contributed by atoms with Gasteiger partial charge in [0.05, 0.1) is 12.1 Å². The lowest BCUT2D eigenvalue weighted by Crippen LogP contribution is -2.26. The molecule has 0 spiro atoms. The molecule has 0 aliphatic heterocycles. The maximum Gasteiger partial charge on any atom is 0.0733 e. The van der Waals surface area contributed by atoms with Crippen LogP contribution in [0.25, 0.3) is 10.8 Å². The molecule has 3 N–H and O–H groups in total. The minimum absolute atomic E-state index is 0.320. The van der Waals surface area contributed by atoms with Crippen LogP contribution in [0.4, 0.5) is 0 Å². The molecule has 2 atom stereocenters. The Balaban J connectivity index is 2.30. The molecular formula is C18H25NO. The molecule has 0 unspecified atom stereocenters. The number of rotatable bonds is 5. The van der Waals surface area contributed by atoms with Crippen LogP contribution in [0.2, 0.25) is 0 Å². The minimum atomic E-state index is -0.483. The normalized spacial score (nSPS) is 14.7. The van der Waals surface area contributed by atoms with E-state index in [0.717, 1.165) is 23.8 Å². The van der Waals surface area contributed by atoms with Gasteiger partial charge in [-0.25, -0.2) is 0 Å². The number of aliphatic hydroxyl groups excluding tert-OH is 1. The van der Waals surface area contributed by atoms with E-state index in [1.54, 1.807) is 0 Å². The van der Waals surface area contributed by atoms with Crippen LogP contribution < -0.4 is 5.73 Å². The van der Waals surface area contributed by atoms with E-state index >= 15 is 0 Å². The Morgan fingerprint density at radius 2 is 1.65 bits per heavy atom. The molecule has 2 nitrogen and oxygen atoms in total. The summed E-state index contributed by atoms with van der Waals surface area (Å²) in [5.41, 5.74) is 8.58. The molecule has 0 fully saturated rings. The van der Waals surface area contributed by atoms with E-state index in [1.807, 2.05) is 12.1 Å². The van der Waals surface area contributed by atoms with Gasteiger partial charge >= 0.3 is 0 Å². The molecule has 0 heterocycles. The molecule has 0 amide bonds. The summed E-state index contributed by atoms with van der Waals surface area (Å²) < 4.78 is 0. The minimum Gasteiger partial charge on any atom is -0.391 e. The second-order valence-corrected chi connectivity index (χ2v) is 6.08. The topological polar surface area (TPSA) is 46.2 Å². The van der Waals surface area contributed by atoms with Crippen molar-refractivity contribution in [3.63, 3.8) is 0 Å². The Bertz CT molecular complexity index is 577. The highest BCUT2D eigenvalue weighted by molar-refractivity contribution is 5.88. The van der Waals surface area contributed by atoms with Gasteiger partial charge in [0.1, 0.15) is 0 Å². The van der Waals surface area contributed by atoms with Crippen LogP contribution in [0, 0.1) is 12.8 Å². The second-order valence-electron chi connectivity index (χ2n) is 6.08. The zero-order valence-corrected chi connectivity index (χ0v) is 12.6. The highest BCUT2D eigenvalue weighted by Crippen LogP contribution is 2.28. The first-order valence-electron chi connectivity index (χ1n) is 7.42. The van der Waals surface area contributed by atoms with E-state index in [1.165, 1.54) is 10.9 Å². The van der Waals surface area contributed by atoms with Crippen molar-refractivity contribution in [3.8, 4) is 0 Å². The van der Waals surface area contributed by atoms with E-state index in [-0.39, 0.29) is 6.04 Å². The predicted octanol–water partition coefficient (Wildman–Crippen LogP) is 3.95. The summed E-state index contributed by atoms with van der Waals surface area (Å²) in [5.74, 6) is 0.589. The van der Waals surface area contributed by atoms with E-state index in [0.29, 0.717) is 5.92 Å². The summed E-state index contributed by atoms with van der Waals surface area (Å²) in [5, 5.41) is 12.7. The molecule has 0 aliphatic rings. The SMILES string of the molecule is Cc1ccc([C@H](N)[C@H](O)CCC(C)C)c2ccccc12.